The lowest BCUT2D eigenvalue weighted by atomic mass is 10.0. The molecule has 0 bridgehead atoms. The van der Waals surface area contributed by atoms with Crippen LogP contribution in [0, 0.1) is 0 Å². The molecule has 0 aromatic carbocycles. The number of nitrogens with zero attached hydrogens (tertiary/aromatic N) is 4. The summed E-state index contributed by atoms with van der Waals surface area (Å²) in [5.41, 5.74) is 2.18. The van der Waals surface area contributed by atoms with Crippen molar-refractivity contribution in [1.29, 1.82) is 0 Å². The van der Waals surface area contributed by atoms with Gasteiger partial charge in [0.05, 0.1) is 0 Å². The molecule has 4 rings (SSSR count). The van der Waals surface area contributed by atoms with E-state index in [2.05, 4.69) is 39.3 Å². The Bertz CT molecular complexity index is 639. The molecule has 2 aliphatic rings. The summed E-state index contributed by atoms with van der Waals surface area (Å²) >= 11 is 2.08. The molecule has 118 valence electrons. The molecular weight excluding hydrogens is 292 g/mol. The van der Waals surface area contributed by atoms with E-state index in [0.717, 1.165) is 11.2 Å². The van der Waals surface area contributed by atoms with Crippen LogP contribution in [0.4, 0.5) is 0 Å². The first-order chi connectivity index (χ1) is 10.8. The summed E-state index contributed by atoms with van der Waals surface area (Å²) in [6, 6.07) is 4.69. The highest BCUT2D eigenvalue weighted by molar-refractivity contribution is 7.99. The summed E-state index contributed by atoms with van der Waals surface area (Å²) in [5.74, 6) is 4.43. The summed E-state index contributed by atoms with van der Waals surface area (Å²) in [6.45, 7) is 2.35. The van der Waals surface area contributed by atoms with Gasteiger partial charge in [0.2, 0.25) is 0 Å². The van der Waals surface area contributed by atoms with Crippen LogP contribution in [-0.2, 0) is 0 Å². The molecule has 2 saturated heterocycles. The number of piperidine rings is 1. The Hall–Kier alpha value is -1.07. The Balaban J connectivity index is 1.76. The average molecular weight is 316 g/mol. The first kappa shape index (κ1) is 14.5. The molecule has 0 amide bonds. The van der Waals surface area contributed by atoms with Crippen molar-refractivity contribution < 1.29 is 0 Å². The van der Waals surface area contributed by atoms with Crippen LogP contribution in [0.3, 0.4) is 0 Å². The number of hydrogen-bond donors (Lipinski definition) is 0. The summed E-state index contributed by atoms with van der Waals surface area (Å²) in [6.07, 6.45) is 6.94. The molecule has 2 aliphatic heterocycles. The predicted molar refractivity (Wildman–Crippen MR) is 92.6 cm³/mol. The van der Waals surface area contributed by atoms with Gasteiger partial charge in [-0.05, 0) is 63.7 Å². The van der Waals surface area contributed by atoms with Crippen LogP contribution in [0.25, 0.3) is 11.2 Å². The Morgan fingerprint density at radius 3 is 2.86 bits per heavy atom. The van der Waals surface area contributed by atoms with Crippen molar-refractivity contribution in [2.45, 2.75) is 37.6 Å². The second-order valence-corrected chi connectivity index (χ2v) is 7.78. The Morgan fingerprint density at radius 1 is 1.23 bits per heavy atom. The largest absolute Gasteiger partial charge is 0.309 e. The molecule has 2 fully saturated rings. The Kier molecular flexibility index (Phi) is 4.09. The lowest BCUT2D eigenvalue weighted by molar-refractivity contribution is 0.220. The van der Waals surface area contributed by atoms with Gasteiger partial charge >= 0.3 is 0 Å². The maximum Gasteiger partial charge on any atom is 0.160 e. The van der Waals surface area contributed by atoms with Crippen molar-refractivity contribution in [1.82, 2.24) is 19.4 Å². The van der Waals surface area contributed by atoms with E-state index in [4.69, 9.17) is 4.98 Å². The number of hydrogen-bond acceptors (Lipinski definition) is 4. The highest BCUT2D eigenvalue weighted by Crippen LogP contribution is 2.36. The number of rotatable bonds is 2. The Morgan fingerprint density at radius 2 is 2.09 bits per heavy atom. The normalized spacial score (nSPS) is 24.9. The average Bonchev–Trinajstić information content (AvgIpc) is 2.96. The number of thioether (sulfide) groups is 1. The zero-order chi connectivity index (χ0) is 14.9. The van der Waals surface area contributed by atoms with Crippen molar-refractivity contribution in [3.05, 3.63) is 24.2 Å². The van der Waals surface area contributed by atoms with E-state index in [0.29, 0.717) is 12.0 Å². The fourth-order valence-corrected chi connectivity index (χ4v) is 4.93. The molecule has 1 unspecified atom stereocenters. The second-order valence-electron chi connectivity index (χ2n) is 6.63. The van der Waals surface area contributed by atoms with Gasteiger partial charge in [-0.1, -0.05) is 0 Å². The van der Waals surface area contributed by atoms with Gasteiger partial charge < -0.3 is 9.47 Å². The standard InChI is InChI=1S/C17H24N4S/c1-20-9-6-14(7-10-20)21-16(13-4-3-11-22-12-13)19-15-5-2-8-18-17(15)21/h2,5,8,13-14H,3-4,6-7,9-12H2,1H3. The topological polar surface area (TPSA) is 34.0 Å². The highest BCUT2D eigenvalue weighted by atomic mass is 32.2. The van der Waals surface area contributed by atoms with E-state index in [9.17, 15) is 0 Å². The van der Waals surface area contributed by atoms with Crippen LogP contribution in [0.2, 0.25) is 0 Å². The summed E-state index contributed by atoms with van der Waals surface area (Å²) < 4.78 is 2.50. The highest BCUT2D eigenvalue weighted by Gasteiger charge is 2.28. The molecule has 0 N–H and O–H groups in total. The molecule has 0 spiro atoms. The van der Waals surface area contributed by atoms with Gasteiger partial charge in [-0.3, -0.25) is 0 Å². The third kappa shape index (κ3) is 2.65. The minimum absolute atomic E-state index is 0.568. The third-order valence-electron chi connectivity index (χ3n) is 5.05. The first-order valence-electron chi connectivity index (χ1n) is 8.42. The molecule has 2 aromatic rings. The van der Waals surface area contributed by atoms with Gasteiger partial charge in [0.25, 0.3) is 0 Å². The number of imidazole rings is 1. The smallest absolute Gasteiger partial charge is 0.160 e. The minimum Gasteiger partial charge on any atom is -0.309 e. The van der Waals surface area contributed by atoms with Crippen LogP contribution in [0.1, 0.15) is 43.5 Å². The number of fused-ring (bicyclic) bond motifs is 1. The van der Waals surface area contributed by atoms with E-state index in [1.807, 2.05) is 12.3 Å². The summed E-state index contributed by atoms with van der Waals surface area (Å²) in [5, 5.41) is 0. The van der Waals surface area contributed by atoms with Crippen molar-refractivity contribution in [3.8, 4) is 0 Å². The first-order valence-corrected chi connectivity index (χ1v) is 9.57. The molecular formula is C17H24N4S. The molecule has 4 nitrogen and oxygen atoms in total. The van der Waals surface area contributed by atoms with Gasteiger partial charge in [0, 0.05) is 23.9 Å². The van der Waals surface area contributed by atoms with E-state index in [-0.39, 0.29) is 0 Å². The SMILES string of the molecule is CN1CCC(n2c(C3CCCSC3)nc3cccnc32)CC1. The zero-order valence-corrected chi connectivity index (χ0v) is 14.1. The van der Waals surface area contributed by atoms with Crippen LogP contribution in [0.5, 0.6) is 0 Å². The van der Waals surface area contributed by atoms with Crippen molar-refractivity contribution >= 4 is 22.9 Å². The lowest BCUT2D eigenvalue weighted by Crippen LogP contribution is -2.32. The third-order valence-corrected chi connectivity index (χ3v) is 6.27. The molecule has 0 saturated carbocycles. The maximum atomic E-state index is 5.00. The van der Waals surface area contributed by atoms with Crippen molar-refractivity contribution in [2.24, 2.45) is 0 Å². The van der Waals surface area contributed by atoms with Crippen LogP contribution < -0.4 is 0 Å². The summed E-state index contributed by atoms with van der Waals surface area (Å²) in [7, 11) is 2.22. The van der Waals surface area contributed by atoms with Gasteiger partial charge in [0.1, 0.15) is 11.3 Å². The lowest BCUT2D eigenvalue weighted by Gasteiger charge is -2.32. The van der Waals surface area contributed by atoms with E-state index >= 15 is 0 Å². The van der Waals surface area contributed by atoms with Crippen LogP contribution in [0.15, 0.2) is 18.3 Å². The minimum atomic E-state index is 0.568. The quantitative estimate of drug-likeness (QED) is 0.851. The number of aromatic nitrogens is 3. The van der Waals surface area contributed by atoms with E-state index in [1.54, 1.807) is 0 Å². The molecule has 0 radical (unpaired) electrons. The predicted octanol–water partition coefficient (Wildman–Crippen LogP) is 3.31. The molecule has 0 aliphatic carbocycles. The Labute approximate surface area is 136 Å². The van der Waals surface area contributed by atoms with Crippen LogP contribution >= 0.6 is 11.8 Å². The molecule has 1 atom stereocenters. The van der Waals surface area contributed by atoms with Crippen molar-refractivity contribution in [2.75, 3.05) is 31.6 Å². The van der Waals surface area contributed by atoms with Gasteiger partial charge in [-0.25, -0.2) is 9.97 Å². The van der Waals surface area contributed by atoms with Crippen molar-refractivity contribution in [3.63, 3.8) is 0 Å². The van der Waals surface area contributed by atoms with Gasteiger partial charge in [-0.15, -0.1) is 0 Å². The van der Waals surface area contributed by atoms with E-state index < -0.39 is 0 Å². The molecule has 4 heterocycles. The zero-order valence-electron chi connectivity index (χ0n) is 13.2. The number of pyridine rings is 1. The molecule has 22 heavy (non-hydrogen) atoms. The second kappa shape index (κ2) is 6.20. The fraction of sp³-hybridized carbons (Fsp3) is 0.647. The van der Waals surface area contributed by atoms with Crippen LogP contribution in [-0.4, -0.2) is 51.1 Å². The van der Waals surface area contributed by atoms with Gasteiger partial charge in [-0.2, -0.15) is 11.8 Å². The molecule has 2 aromatic heterocycles. The maximum absolute atomic E-state index is 5.00. The number of likely N-dealkylation sites (tertiary alicyclic amines) is 1. The van der Waals surface area contributed by atoms with Gasteiger partial charge in [0.15, 0.2) is 5.65 Å². The summed E-state index contributed by atoms with van der Waals surface area (Å²) in [4.78, 5) is 12.1. The fourth-order valence-electron chi connectivity index (χ4n) is 3.79. The van der Waals surface area contributed by atoms with E-state index in [1.165, 1.54) is 56.1 Å². The monoisotopic (exact) mass is 316 g/mol. The molecule has 5 heteroatoms.